The average Bonchev–Trinajstić information content (AvgIpc) is 3.44. The Morgan fingerprint density at radius 3 is 2.73 bits per heavy atom. The van der Waals surface area contributed by atoms with Gasteiger partial charge in [-0.05, 0) is 35.6 Å². The second-order valence-corrected chi connectivity index (χ2v) is 7.65. The van der Waals surface area contributed by atoms with Crippen LogP contribution in [0.1, 0.15) is 24.5 Å². The number of hydrogen-bond donors (Lipinski definition) is 2. The van der Waals surface area contributed by atoms with Crippen molar-refractivity contribution in [1.29, 1.82) is 0 Å². The molecule has 1 fully saturated rings. The fourth-order valence-corrected chi connectivity index (χ4v) is 3.84. The van der Waals surface area contributed by atoms with E-state index < -0.39 is 0 Å². The van der Waals surface area contributed by atoms with Crippen LogP contribution in [-0.2, 0) is 13.1 Å². The van der Waals surface area contributed by atoms with Crippen LogP contribution in [0.15, 0.2) is 72.2 Å². The fraction of sp³-hybridized carbons (Fsp3) is 0.333. The van der Waals surface area contributed by atoms with Crippen molar-refractivity contribution in [2.24, 2.45) is 4.99 Å². The molecule has 0 radical (unpaired) electrons. The van der Waals surface area contributed by atoms with Gasteiger partial charge in [0, 0.05) is 38.6 Å². The van der Waals surface area contributed by atoms with Crippen LogP contribution in [0, 0.1) is 0 Å². The van der Waals surface area contributed by atoms with Crippen LogP contribution in [0.2, 0.25) is 0 Å². The molecule has 1 aromatic heterocycles. The number of imidazole rings is 1. The standard InChI is InChI=1S/C24H29N5O/c1-2-26-24(29-13-11-22(30)17-29)27-15-21-5-3-4-6-23(21)20-9-7-19(8-10-20)16-28-14-12-25-18-28/h3-10,12,14,18,22,30H,2,11,13,15-17H2,1H3,(H,26,27)/t22-/m1/s1. The molecule has 2 N–H and O–H groups in total. The van der Waals surface area contributed by atoms with E-state index in [1.165, 1.54) is 22.3 Å². The molecule has 2 aromatic carbocycles. The van der Waals surface area contributed by atoms with Crippen molar-refractivity contribution in [3.05, 3.63) is 78.4 Å². The predicted molar refractivity (Wildman–Crippen MR) is 120 cm³/mol. The lowest BCUT2D eigenvalue weighted by molar-refractivity contribution is 0.188. The van der Waals surface area contributed by atoms with Gasteiger partial charge in [-0.15, -0.1) is 0 Å². The van der Waals surface area contributed by atoms with Gasteiger partial charge in [0.05, 0.1) is 19.0 Å². The lowest BCUT2D eigenvalue weighted by Gasteiger charge is -2.21. The van der Waals surface area contributed by atoms with Crippen LogP contribution in [0.25, 0.3) is 11.1 Å². The van der Waals surface area contributed by atoms with Crippen LogP contribution < -0.4 is 5.32 Å². The van der Waals surface area contributed by atoms with E-state index in [9.17, 15) is 5.11 Å². The molecule has 6 nitrogen and oxygen atoms in total. The van der Waals surface area contributed by atoms with E-state index in [2.05, 4.69) is 75.2 Å². The van der Waals surface area contributed by atoms with Crippen molar-refractivity contribution < 1.29 is 5.11 Å². The molecule has 0 spiro atoms. The normalized spacial score (nSPS) is 16.8. The summed E-state index contributed by atoms with van der Waals surface area (Å²) in [6, 6.07) is 17.1. The summed E-state index contributed by atoms with van der Waals surface area (Å²) in [7, 11) is 0. The molecule has 156 valence electrons. The summed E-state index contributed by atoms with van der Waals surface area (Å²) in [5, 5.41) is 13.2. The van der Waals surface area contributed by atoms with Gasteiger partial charge in [-0.2, -0.15) is 0 Å². The third kappa shape index (κ3) is 4.89. The zero-order chi connectivity index (χ0) is 20.8. The first-order valence-electron chi connectivity index (χ1n) is 10.6. The Hall–Kier alpha value is -3.12. The number of aliphatic hydroxyl groups excluding tert-OH is 1. The minimum Gasteiger partial charge on any atom is -0.391 e. The lowest BCUT2D eigenvalue weighted by atomic mass is 9.98. The highest BCUT2D eigenvalue weighted by molar-refractivity contribution is 5.80. The van der Waals surface area contributed by atoms with Crippen LogP contribution in [-0.4, -0.2) is 51.3 Å². The van der Waals surface area contributed by atoms with E-state index in [0.29, 0.717) is 13.1 Å². The Morgan fingerprint density at radius 1 is 1.20 bits per heavy atom. The molecule has 0 bridgehead atoms. The monoisotopic (exact) mass is 403 g/mol. The number of hydrogen-bond acceptors (Lipinski definition) is 3. The van der Waals surface area contributed by atoms with Crippen molar-refractivity contribution >= 4 is 5.96 Å². The molecule has 2 heterocycles. The summed E-state index contributed by atoms with van der Waals surface area (Å²) in [6.45, 7) is 5.79. The third-order valence-electron chi connectivity index (χ3n) is 5.40. The predicted octanol–water partition coefficient (Wildman–Crippen LogP) is 3.13. The SMILES string of the molecule is CCNC(=NCc1ccccc1-c1ccc(Cn2ccnc2)cc1)N1CC[C@@H](O)C1. The molecular formula is C24H29N5O. The number of rotatable bonds is 6. The first kappa shape index (κ1) is 20.2. The number of benzene rings is 2. The third-order valence-corrected chi connectivity index (χ3v) is 5.40. The lowest BCUT2D eigenvalue weighted by Crippen LogP contribution is -2.40. The number of likely N-dealkylation sites (tertiary alicyclic amines) is 1. The highest BCUT2D eigenvalue weighted by atomic mass is 16.3. The topological polar surface area (TPSA) is 65.7 Å². The first-order chi connectivity index (χ1) is 14.7. The van der Waals surface area contributed by atoms with Crippen molar-refractivity contribution in [2.75, 3.05) is 19.6 Å². The summed E-state index contributed by atoms with van der Waals surface area (Å²) in [5.74, 6) is 0.875. The molecule has 1 atom stereocenters. The minimum absolute atomic E-state index is 0.262. The molecule has 4 rings (SSSR count). The van der Waals surface area contributed by atoms with E-state index in [1.54, 1.807) is 6.20 Å². The van der Waals surface area contributed by atoms with Crippen LogP contribution in [0.3, 0.4) is 0 Å². The minimum atomic E-state index is -0.262. The van der Waals surface area contributed by atoms with E-state index in [4.69, 9.17) is 4.99 Å². The molecule has 1 saturated heterocycles. The average molecular weight is 404 g/mol. The smallest absolute Gasteiger partial charge is 0.194 e. The van der Waals surface area contributed by atoms with Crippen molar-refractivity contribution in [1.82, 2.24) is 19.8 Å². The Kier molecular flexibility index (Phi) is 6.44. The number of nitrogens with one attached hydrogen (secondary N) is 1. The van der Waals surface area contributed by atoms with Crippen LogP contribution in [0.4, 0.5) is 0 Å². The summed E-state index contributed by atoms with van der Waals surface area (Å²) in [4.78, 5) is 11.1. The van der Waals surface area contributed by atoms with Gasteiger partial charge in [-0.1, -0.05) is 48.5 Å². The number of aliphatic hydroxyl groups is 1. The van der Waals surface area contributed by atoms with Gasteiger partial charge in [0.1, 0.15) is 0 Å². The molecule has 0 unspecified atom stereocenters. The van der Waals surface area contributed by atoms with Gasteiger partial charge in [0.15, 0.2) is 5.96 Å². The van der Waals surface area contributed by atoms with Gasteiger partial charge >= 0.3 is 0 Å². The Labute approximate surface area is 177 Å². The van der Waals surface area contributed by atoms with Crippen molar-refractivity contribution in [2.45, 2.75) is 32.5 Å². The molecule has 0 aliphatic carbocycles. The summed E-state index contributed by atoms with van der Waals surface area (Å²) >= 11 is 0. The number of β-amino-alcohol motifs (C(OH)–C–C–N with tert-alkyl or cyclic N) is 1. The second kappa shape index (κ2) is 9.59. The van der Waals surface area contributed by atoms with Crippen LogP contribution >= 0.6 is 0 Å². The Bertz CT molecular complexity index is 966. The fourth-order valence-electron chi connectivity index (χ4n) is 3.84. The number of guanidine groups is 1. The molecular weight excluding hydrogens is 374 g/mol. The zero-order valence-corrected chi connectivity index (χ0v) is 17.4. The van der Waals surface area contributed by atoms with E-state index in [0.717, 1.165) is 32.0 Å². The Morgan fingerprint density at radius 2 is 2.03 bits per heavy atom. The quantitative estimate of drug-likeness (QED) is 0.490. The van der Waals surface area contributed by atoms with E-state index in [-0.39, 0.29) is 6.10 Å². The van der Waals surface area contributed by atoms with Crippen molar-refractivity contribution in [3.63, 3.8) is 0 Å². The molecule has 1 aliphatic rings. The summed E-state index contributed by atoms with van der Waals surface area (Å²) in [5.41, 5.74) is 4.83. The molecule has 1 aliphatic heterocycles. The second-order valence-electron chi connectivity index (χ2n) is 7.65. The maximum atomic E-state index is 9.87. The van der Waals surface area contributed by atoms with Gasteiger partial charge in [0.2, 0.25) is 0 Å². The zero-order valence-electron chi connectivity index (χ0n) is 17.4. The highest BCUT2D eigenvalue weighted by Gasteiger charge is 2.22. The van der Waals surface area contributed by atoms with Crippen molar-refractivity contribution in [3.8, 4) is 11.1 Å². The van der Waals surface area contributed by atoms with Crippen LogP contribution in [0.5, 0.6) is 0 Å². The molecule has 6 heteroatoms. The number of nitrogens with zero attached hydrogens (tertiary/aromatic N) is 4. The van der Waals surface area contributed by atoms with Gasteiger partial charge < -0.3 is 19.9 Å². The van der Waals surface area contributed by atoms with E-state index in [1.807, 2.05) is 12.5 Å². The summed E-state index contributed by atoms with van der Waals surface area (Å²) < 4.78 is 2.06. The Balaban J connectivity index is 1.52. The van der Waals surface area contributed by atoms with Gasteiger partial charge in [-0.3, -0.25) is 0 Å². The molecule has 3 aromatic rings. The maximum absolute atomic E-state index is 9.87. The van der Waals surface area contributed by atoms with E-state index >= 15 is 0 Å². The number of aromatic nitrogens is 2. The maximum Gasteiger partial charge on any atom is 0.194 e. The van der Waals surface area contributed by atoms with Gasteiger partial charge in [0.25, 0.3) is 0 Å². The molecule has 0 saturated carbocycles. The summed E-state index contributed by atoms with van der Waals surface area (Å²) in [6.07, 6.45) is 6.15. The highest BCUT2D eigenvalue weighted by Crippen LogP contribution is 2.25. The molecule has 30 heavy (non-hydrogen) atoms. The first-order valence-corrected chi connectivity index (χ1v) is 10.6. The van der Waals surface area contributed by atoms with Gasteiger partial charge in [-0.25, -0.2) is 9.98 Å². The number of aliphatic imine (C=N–C) groups is 1. The largest absolute Gasteiger partial charge is 0.391 e. The molecule has 0 amide bonds.